The van der Waals surface area contributed by atoms with Gasteiger partial charge in [0, 0.05) is 17.3 Å². The molecule has 0 bridgehead atoms. The van der Waals surface area contributed by atoms with E-state index in [1.54, 1.807) is 12.1 Å². The molecule has 1 aliphatic rings. The van der Waals surface area contributed by atoms with Crippen molar-refractivity contribution < 1.29 is 0 Å². The summed E-state index contributed by atoms with van der Waals surface area (Å²) in [6.07, 6.45) is 0. The number of nitrogens with zero attached hydrogens (tertiary/aromatic N) is 1. The van der Waals surface area contributed by atoms with Gasteiger partial charge in [0.25, 0.3) is 0 Å². The standard InChI is InChI=1S/C9H10ClN3S.2ClH/c10-6-1-2-8(7(11)5-6)13-3-4-14-9(13)12;;/h1-2,5,12H,3-4,11H2;2*1H. The van der Waals surface area contributed by atoms with E-state index in [1.807, 2.05) is 11.0 Å². The summed E-state index contributed by atoms with van der Waals surface area (Å²) in [6.45, 7) is 0.843. The topological polar surface area (TPSA) is 53.1 Å². The number of nitrogen functional groups attached to an aromatic ring is 1. The van der Waals surface area contributed by atoms with Crippen molar-refractivity contribution in [1.29, 1.82) is 5.41 Å². The number of rotatable bonds is 1. The highest BCUT2D eigenvalue weighted by atomic mass is 35.5. The van der Waals surface area contributed by atoms with Crippen molar-refractivity contribution in [2.45, 2.75) is 0 Å². The van der Waals surface area contributed by atoms with Crippen LogP contribution in [0.4, 0.5) is 11.4 Å². The van der Waals surface area contributed by atoms with E-state index in [1.165, 1.54) is 11.8 Å². The summed E-state index contributed by atoms with van der Waals surface area (Å²) >= 11 is 7.34. The molecule has 90 valence electrons. The third kappa shape index (κ3) is 3.10. The second-order valence-corrected chi connectivity index (χ2v) is 4.53. The van der Waals surface area contributed by atoms with Crippen LogP contribution < -0.4 is 10.6 Å². The minimum atomic E-state index is 0. The Morgan fingerprint density at radius 1 is 1.38 bits per heavy atom. The van der Waals surface area contributed by atoms with E-state index in [2.05, 4.69) is 0 Å². The number of amidine groups is 1. The van der Waals surface area contributed by atoms with Gasteiger partial charge in [0.1, 0.15) is 0 Å². The van der Waals surface area contributed by atoms with Crippen molar-refractivity contribution >= 4 is 64.7 Å². The van der Waals surface area contributed by atoms with Crippen molar-refractivity contribution in [2.75, 3.05) is 22.9 Å². The summed E-state index contributed by atoms with van der Waals surface area (Å²) < 4.78 is 0. The number of benzene rings is 1. The summed E-state index contributed by atoms with van der Waals surface area (Å²) in [6, 6.07) is 5.37. The summed E-state index contributed by atoms with van der Waals surface area (Å²) in [5.41, 5.74) is 7.34. The van der Waals surface area contributed by atoms with Crippen molar-refractivity contribution in [1.82, 2.24) is 0 Å². The highest BCUT2D eigenvalue weighted by molar-refractivity contribution is 8.14. The lowest BCUT2D eigenvalue weighted by molar-refractivity contribution is 1.10. The molecule has 0 spiro atoms. The molecule has 1 aliphatic heterocycles. The quantitative estimate of drug-likeness (QED) is 0.783. The SMILES string of the molecule is Cl.Cl.N=C1SCCN1c1ccc(Cl)cc1N. The Labute approximate surface area is 116 Å². The monoisotopic (exact) mass is 299 g/mol. The van der Waals surface area contributed by atoms with Crippen LogP contribution >= 0.6 is 48.2 Å². The van der Waals surface area contributed by atoms with Gasteiger partial charge in [0.15, 0.2) is 5.17 Å². The Kier molecular flexibility index (Phi) is 6.33. The highest BCUT2D eigenvalue weighted by Crippen LogP contribution is 2.31. The first-order valence-electron chi connectivity index (χ1n) is 4.22. The summed E-state index contributed by atoms with van der Waals surface area (Å²) in [5.74, 6) is 0.945. The Balaban J connectivity index is 0.00000112. The largest absolute Gasteiger partial charge is 0.397 e. The van der Waals surface area contributed by atoms with Gasteiger partial charge in [-0.2, -0.15) is 0 Å². The fourth-order valence-electron chi connectivity index (χ4n) is 1.41. The van der Waals surface area contributed by atoms with Crippen molar-refractivity contribution in [2.24, 2.45) is 0 Å². The van der Waals surface area contributed by atoms with Crippen molar-refractivity contribution in [3.63, 3.8) is 0 Å². The van der Waals surface area contributed by atoms with Gasteiger partial charge in [-0.25, -0.2) is 0 Å². The van der Waals surface area contributed by atoms with Gasteiger partial charge in [-0.1, -0.05) is 23.4 Å². The van der Waals surface area contributed by atoms with Gasteiger partial charge in [-0.05, 0) is 18.2 Å². The smallest absolute Gasteiger partial charge is 0.161 e. The lowest BCUT2D eigenvalue weighted by atomic mass is 10.2. The van der Waals surface area contributed by atoms with E-state index in [9.17, 15) is 0 Å². The molecule has 7 heteroatoms. The molecule has 1 aromatic carbocycles. The normalized spacial score (nSPS) is 14.3. The maximum atomic E-state index is 7.69. The second kappa shape index (κ2) is 6.45. The van der Waals surface area contributed by atoms with Gasteiger partial charge < -0.3 is 10.6 Å². The average molecular weight is 301 g/mol. The molecule has 0 atom stereocenters. The van der Waals surface area contributed by atoms with E-state index in [0.717, 1.165) is 18.0 Å². The number of anilines is 2. The maximum absolute atomic E-state index is 7.69. The molecule has 0 saturated carbocycles. The molecule has 1 fully saturated rings. The minimum Gasteiger partial charge on any atom is -0.397 e. The van der Waals surface area contributed by atoms with Crippen LogP contribution in [0.2, 0.25) is 5.02 Å². The average Bonchev–Trinajstić information content (AvgIpc) is 2.52. The van der Waals surface area contributed by atoms with Gasteiger partial charge in [0.2, 0.25) is 0 Å². The molecule has 3 nitrogen and oxygen atoms in total. The predicted molar refractivity (Wildman–Crippen MR) is 77.9 cm³/mol. The first kappa shape index (κ1) is 15.7. The predicted octanol–water partition coefficient (Wildman–Crippen LogP) is 3.25. The van der Waals surface area contributed by atoms with E-state index in [-0.39, 0.29) is 24.8 Å². The van der Waals surface area contributed by atoms with Crippen LogP contribution in [0.3, 0.4) is 0 Å². The van der Waals surface area contributed by atoms with Crippen LogP contribution in [0.5, 0.6) is 0 Å². The molecular weight excluding hydrogens is 289 g/mol. The van der Waals surface area contributed by atoms with Crippen LogP contribution in [-0.4, -0.2) is 17.5 Å². The fourth-order valence-corrected chi connectivity index (χ4v) is 2.41. The zero-order chi connectivity index (χ0) is 10.1. The fraction of sp³-hybridized carbons (Fsp3) is 0.222. The molecule has 16 heavy (non-hydrogen) atoms. The number of halogens is 3. The lowest BCUT2D eigenvalue weighted by Crippen LogP contribution is -2.23. The lowest BCUT2D eigenvalue weighted by Gasteiger charge is -2.18. The van der Waals surface area contributed by atoms with Crippen molar-refractivity contribution in [3.05, 3.63) is 23.2 Å². The molecule has 1 saturated heterocycles. The molecule has 0 radical (unpaired) electrons. The molecule has 2 rings (SSSR count). The van der Waals surface area contributed by atoms with E-state index < -0.39 is 0 Å². The molecule has 1 aromatic rings. The summed E-state index contributed by atoms with van der Waals surface area (Å²) in [4.78, 5) is 1.90. The first-order valence-corrected chi connectivity index (χ1v) is 5.59. The van der Waals surface area contributed by atoms with Gasteiger partial charge in [0.05, 0.1) is 11.4 Å². The summed E-state index contributed by atoms with van der Waals surface area (Å²) in [7, 11) is 0. The number of thioether (sulfide) groups is 1. The molecule has 0 aromatic heterocycles. The molecule has 3 N–H and O–H groups in total. The van der Waals surface area contributed by atoms with Crippen LogP contribution in [-0.2, 0) is 0 Å². The Morgan fingerprint density at radius 2 is 2.06 bits per heavy atom. The molecule has 1 heterocycles. The Morgan fingerprint density at radius 3 is 2.56 bits per heavy atom. The van der Waals surface area contributed by atoms with E-state index >= 15 is 0 Å². The number of hydrogen-bond acceptors (Lipinski definition) is 3. The highest BCUT2D eigenvalue weighted by Gasteiger charge is 2.20. The van der Waals surface area contributed by atoms with Gasteiger partial charge in [-0.3, -0.25) is 5.41 Å². The molecule has 0 amide bonds. The van der Waals surface area contributed by atoms with Gasteiger partial charge in [-0.15, -0.1) is 24.8 Å². The first-order chi connectivity index (χ1) is 6.68. The van der Waals surface area contributed by atoms with E-state index in [4.69, 9.17) is 22.7 Å². The van der Waals surface area contributed by atoms with Crippen LogP contribution in [0.1, 0.15) is 0 Å². The molecule has 0 unspecified atom stereocenters. The second-order valence-electron chi connectivity index (χ2n) is 3.01. The van der Waals surface area contributed by atoms with Gasteiger partial charge >= 0.3 is 0 Å². The minimum absolute atomic E-state index is 0. The number of nitrogens with one attached hydrogen (secondary N) is 1. The number of hydrogen-bond donors (Lipinski definition) is 2. The Hall–Kier alpha value is -0.290. The van der Waals surface area contributed by atoms with E-state index in [0.29, 0.717) is 15.9 Å². The van der Waals surface area contributed by atoms with Crippen LogP contribution in [0, 0.1) is 5.41 Å². The van der Waals surface area contributed by atoms with Crippen LogP contribution in [0.15, 0.2) is 18.2 Å². The zero-order valence-corrected chi connectivity index (χ0v) is 11.5. The summed E-state index contributed by atoms with van der Waals surface area (Å²) in [5, 5.41) is 8.88. The third-order valence-corrected chi connectivity index (χ3v) is 3.19. The number of nitrogens with two attached hydrogens (primary N) is 1. The maximum Gasteiger partial charge on any atom is 0.161 e. The zero-order valence-electron chi connectivity index (χ0n) is 8.27. The Bertz CT molecular complexity index is 386. The van der Waals surface area contributed by atoms with Crippen LogP contribution in [0.25, 0.3) is 0 Å². The molecule has 0 aliphatic carbocycles. The van der Waals surface area contributed by atoms with Crippen molar-refractivity contribution in [3.8, 4) is 0 Å². The molecular formula is C9H12Cl3N3S. The third-order valence-electron chi connectivity index (χ3n) is 2.08.